The highest BCUT2D eigenvalue weighted by Gasteiger charge is 2.08. The molecule has 0 aliphatic carbocycles. The number of nitrogens with two attached hydrogens (primary N) is 1. The number of rotatable bonds is 4. The minimum absolute atomic E-state index is 0.0622. The summed E-state index contributed by atoms with van der Waals surface area (Å²) in [6, 6.07) is 9.33. The van der Waals surface area contributed by atoms with Crippen molar-refractivity contribution in [1.82, 2.24) is 0 Å². The van der Waals surface area contributed by atoms with Crippen LogP contribution in [-0.4, -0.2) is 7.11 Å². The number of halogens is 2. The van der Waals surface area contributed by atoms with Gasteiger partial charge in [-0.2, -0.15) is 0 Å². The van der Waals surface area contributed by atoms with Gasteiger partial charge in [0.25, 0.3) is 0 Å². The van der Waals surface area contributed by atoms with Crippen molar-refractivity contribution in [2.75, 3.05) is 12.8 Å². The lowest BCUT2D eigenvalue weighted by Gasteiger charge is -2.11. The molecule has 0 aliphatic rings. The summed E-state index contributed by atoms with van der Waals surface area (Å²) in [6.45, 7) is 0.0622. The molecule has 2 aromatic carbocycles. The van der Waals surface area contributed by atoms with Crippen LogP contribution in [0.4, 0.5) is 10.1 Å². The third-order valence-corrected chi connectivity index (χ3v) is 2.81. The third kappa shape index (κ3) is 3.29. The predicted octanol–water partition coefficient (Wildman–Crippen LogP) is 3.65. The number of nitrogen functional groups attached to an aromatic ring is 1. The van der Waals surface area contributed by atoms with E-state index in [-0.39, 0.29) is 12.4 Å². The van der Waals surface area contributed by atoms with Crippen LogP contribution in [0.5, 0.6) is 11.5 Å². The number of benzene rings is 2. The lowest BCUT2D eigenvalue weighted by atomic mass is 10.2. The number of methoxy groups -OCH3 is 1. The number of anilines is 1. The molecule has 0 saturated carbocycles. The van der Waals surface area contributed by atoms with Crippen LogP contribution in [-0.2, 0) is 6.61 Å². The van der Waals surface area contributed by atoms with Crippen molar-refractivity contribution in [1.29, 1.82) is 0 Å². The van der Waals surface area contributed by atoms with Gasteiger partial charge in [0.15, 0.2) is 11.5 Å². The second-order valence-electron chi connectivity index (χ2n) is 3.93. The fraction of sp³-hybridized carbons (Fsp3) is 0.143. The zero-order chi connectivity index (χ0) is 13.8. The molecule has 0 aromatic heterocycles. The number of hydrogen-bond acceptors (Lipinski definition) is 3. The lowest BCUT2D eigenvalue weighted by Crippen LogP contribution is -2.00. The molecule has 0 fully saturated rings. The maximum absolute atomic E-state index is 13.5. The average molecular weight is 282 g/mol. The van der Waals surface area contributed by atoms with Crippen molar-refractivity contribution in [2.45, 2.75) is 6.61 Å². The minimum atomic E-state index is -0.362. The van der Waals surface area contributed by atoms with E-state index >= 15 is 0 Å². The normalized spacial score (nSPS) is 10.3. The Labute approximate surface area is 115 Å². The maximum atomic E-state index is 13.5. The smallest absolute Gasteiger partial charge is 0.162 e. The van der Waals surface area contributed by atoms with Crippen LogP contribution in [0, 0.1) is 5.82 Å². The van der Waals surface area contributed by atoms with Gasteiger partial charge in [-0.25, -0.2) is 4.39 Å². The van der Waals surface area contributed by atoms with E-state index in [1.54, 1.807) is 18.2 Å². The minimum Gasteiger partial charge on any atom is -0.493 e. The third-order valence-electron chi connectivity index (χ3n) is 2.58. The number of ether oxygens (including phenoxy) is 2. The molecule has 2 N–H and O–H groups in total. The van der Waals surface area contributed by atoms with Gasteiger partial charge in [-0.15, -0.1) is 0 Å². The first kappa shape index (κ1) is 13.5. The van der Waals surface area contributed by atoms with E-state index in [4.69, 9.17) is 26.8 Å². The second kappa shape index (κ2) is 5.80. The Kier molecular flexibility index (Phi) is 4.12. The van der Waals surface area contributed by atoms with Gasteiger partial charge < -0.3 is 15.2 Å². The fourth-order valence-electron chi connectivity index (χ4n) is 1.61. The molecule has 19 heavy (non-hydrogen) atoms. The molecule has 0 amide bonds. The highest BCUT2D eigenvalue weighted by molar-refractivity contribution is 6.30. The topological polar surface area (TPSA) is 44.5 Å². The van der Waals surface area contributed by atoms with E-state index < -0.39 is 0 Å². The molecule has 0 aliphatic heterocycles. The lowest BCUT2D eigenvalue weighted by molar-refractivity contribution is 0.280. The van der Waals surface area contributed by atoms with E-state index in [0.717, 1.165) is 0 Å². The van der Waals surface area contributed by atoms with E-state index in [2.05, 4.69) is 0 Å². The molecule has 2 aromatic rings. The summed E-state index contributed by atoms with van der Waals surface area (Å²) in [5, 5.41) is 0.462. The molecular weight excluding hydrogens is 269 g/mol. The molecule has 100 valence electrons. The first-order valence-corrected chi connectivity index (χ1v) is 5.98. The van der Waals surface area contributed by atoms with Gasteiger partial charge in [0.2, 0.25) is 0 Å². The second-order valence-corrected chi connectivity index (χ2v) is 4.37. The summed E-state index contributed by atoms with van der Waals surface area (Å²) in [5.41, 5.74) is 6.59. The van der Waals surface area contributed by atoms with Crippen LogP contribution in [0.1, 0.15) is 5.56 Å². The summed E-state index contributed by atoms with van der Waals surface area (Å²) >= 11 is 5.81. The highest BCUT2D eigenvalue weighted by atomic mass is 35.5. The van der Waals surface area contributed by atoms with E-state index in [9.17, 15) is 4.39 Å². The van der Waals surface area contributed by atoms with Crippen LogP contribution in [0.25, 0.3) is 0 Å². The predicted molar refractivity (Wildman–Crippen MR) is 73.1 cm³/mol. The van der Waals surface area contributed by atoms with Crippen LogP contribution >= 0.6 is 11.6 Å². The average Bonchev–Trinajstić information content (AvgIpc) is 2.40. The zero-order valence-electron chi connectivity index (χ0n) is 10.3. The molecule has 0 bridgehead atoms. The Morgan fingerprint density at radius 2 is 1.95 bits per heavy atom. The molecule has 5 heteroatoms. The quantitative estimate of drug-likeness (QED) is 0.870. The zero-order valence-corrected chi connectivity index (χ0v) is 11.1. The fourth-order valence-corrected chi connectivity index (χ4v) is 1.81. The van der Waals surface area contributed by atoms with Gasteiger partial charge in [-0.3, -0.25) is 0 Å². The van der Waals surface area contributed by atoms with Gasteiger partial charge in [-0.1, -0.05) is 11.6 Å². The SMILES string of the molecule is COc1cc(N)ccc1OCc1cc(Cl)ccc1F. The van der Waals surface area contributed by atoms with Crippen LogP contribution in [0.3, 0.4) is 0 Å². The van der Waals surface area contributed by atoms with E-state index in [1.807, 2.05) is 0 Å². The van der Waals surface area contributed by atoms with Crippen LogP contribution in [0.2, 0.25) is 5.02 Å². The molecule has 0 unspecified atom stereocenters. The maximum Gasteiger partial charge on any atom is 0.162 e. The first-order valence-electron chi connectivity index (χ1n) is 5.60. The van der Waals surface area contributed by atoms with Crippen molar-refractivity contribution in [2.24, 2.45) is 0 Å². The van der Waals surface area contributed by atoms with Crippen molar-refractivity contribution in [3.63, 3.8) is 0 Å². The van der Waals surface area contributed by atoms with Gasteiger partial charge in [0, 0.05) is 22.3 Å². The van der Waals surface area contributed by atoms with E-state index in [1.165, 1.54) is 25.3 Å². The standard InChI is InChI=1S/C14H13ClFNO2/c1-18-14-7-11(17)3-5-13(14)19-8-9-6-10(15)2-4-12(9)16/h2-7H,8,17H2,1H3. The summed E-state index contributed by atoms with van der Waals surface area (Å²) in [5.74, 6) is 0.636. The van der Waals surface area contributed by atoms with Crippen molar-refractivity contribution >= 4 is 17.3 Å². The molecule has 2 rings (SSSR count). The van der Waals surface area contributed by atoms with Crippen molar-refractivity contribution in [3.8, 4) is 11.5 Å². The Morgan fingerprint density at radius 3 is 2.68 bits per heavy atom. The van der Waals surface area contributed by atoms with E-state index in [0.29, 0.717) is 27.8 Å². The molecular formula is C14H13ClFNO2. The van der Waals surface area contributed by atoms with Gasteiger partial charge in [0.05, 0.1) is 7.11 Å². The molecule has 3 nitrogen and oxygen atoms in total. The van der Waals surface area contributed by atoms with Gasteiger partial charge in [0.1, 0.15) is 12.4 Å². The Balaban J connectivity index is 2.16. The van der Waals surface area contributed by atoms with Gasteiger partial charge in [-0.05, 0) is 30.3 Å². The van der Waals surface area contributed by atoms with Crippen molar-refractivity contribution < 1.29 is 13.9 Å². The van der Waals surface area contributed by atoms with Crippen LogP contribution in [0.15, 0.2) is 36.4 Å². The Hall–Kier alpha value is -1.94. The van der Waals surface area contributed by atoms with Crippen molar-refractivity contribution in [3.05, 3.63) is 52.8 Å². The molecule has 0 spiro atoms. The first-order chi connectivity index (χ1) is 9.10. The molecule has 0 radical (unpaired) electrons. The summed E-state index contributed by atoms with van der Waals surface area (Å²) in [6.07, 6.45) is 0. The Bertz CT molecular complexity index is 590. The molecule has 0 heterocycles. The largest absolute Gasteiger partial charge is 0.493 e. The van der Waals surface area contributed by atoms with Gasteiger partial charge >= 0.3 is 0 Å². The summed E-state index contributed by atoms with van der Waals surface area (Å²) in [4.78, 5) is 0. The molecule has 0 atom stereocenters. The summed E-state index contributed by atoms with van der Waals surface area (Å²) in [7, 11) is 1.52. The number of hydrogen-bond donors (Lipinski definition) is 1. The monoisotopic (exact) mass is 281 g/mol. The summed E-state index contributed by atoms with van der Waals surface area (Å²) < 4.78 is 24.2. The molecule has 0 saturated heterocycles. The Morgan fingerprint density at radius 1 is 1.16 bits per heavy atom. The van der Waals surface area contributed by atoms with Crippen LogP contribution < -0.4 is 15.2 Å². The highest BCUT2D eigenvalue weighted by Crippen LogP contribution is 2.30.